The zero-order chi connectivity index (χ0) is 18.5. The van der Waals surface area contributed by atoms with Crippen LogP contribution in [0.1, 0.15) is 11.1 Å². The van der Waals surface area contributed by atoms with E-state index in [0.717, 1.165) is 16.8 Å². The molecule has 0 saturated heterocycles. The Bertz CT molecular complexity index is 916. The lowest BCUT2D eigenvalue weighted by Crippen LogP contribution is -2.12. The number of aromatic nitrogens is 3. The van der Waals surface area contributed by atoms with Gasteiger partial charge in [0.25, 0.3) is 0 Å². The van der Waals surface area contributed by atoms with Crippen molar-refractivity contribution >= 4 is 11.5 Å². The largest absolute Gasteiger partial charge is 0.487 e. The summed E-state index contributed by atoms with van der Waals surface area (Å²) in [6.45, 7) is 4.51. The van der Waals surface area contributed by atoms with Gasteiger partial charge in [0.15, 0.2) is 17.4 Å². The number of hydrogen-bond acceptors (Lipinski definition) is 6. The maximum atomic E-state index is 14.2. The molecule has 0 unspecified atom stereocenters. The van der Waals surface area contributed by atoms with Crippen molar-refractivity contribution in [3.63, 3.8) is 0 Å². The fourth-order valence-corrected chi connectivity index (χ4v) is 2.42. The monoisotopic (exact) mass is 353 g/mol. The first-order valence-corrected chi connectivity index (χ1v) is 8.22. The zero-order valence-electron chi connectivity index (χ0n) is 14.7. The van der Waals surface area contributed by atoms with Crippen LogP contribution in [0.2, 0.25) is 0 Å². The summed E-state index contributed by atoms with van der Waals surface area (Å²) in [5.74, 6) is 0.792. The summed E-state index contributed by atoms with van der Waals surface area (Å²) in [5, 5.41) is 3.21. The Labute approximate surface area is 151 Å². The highest BCUT2D eigenvalue weighted by molar-refractivity contribution is 5.67. The molecule has 3 rings (SSSR count). The van der Waals surface area contributed by atoms with E-state index in [1.165, 1.54) is 12.3 Å². The van der Waals surface area contributed by atoms with E-state index in [2.05, 4.69) is 20.3 Å². The molecule has 3 N–H and O–H groups in total. The number of nitrogens with two attached hydrogens (primary N) is 1. The second kappa shape index (κ2) is 7.88. The number of ether oxygens (including phenoxy) is 1. The van der Waals surface area contributed by atoms with E-state index in [9.17, 15) is 4.39 Å². The highest BCUT2D eigenvalue weighted by atomic mass is 19.1. The van der Waals surface area contributed by atoms with Crippen molar-refractivity contribution in [2.75, 3.05) is 18.5 Å². The van der Waals surface area contributed by atoms with Crippen LogP contribution in [0.4, 0.5) is 15.9 Å². The van der Waals surface area contributed by atoms with Crippen LogP contribution in [0.5, 0.6) is 5.75 Å². The van der Waals surface area contributed by atoms with Crippen molar-refractivity contribution in [1.29, 1.82) is 0 Å². The molecule has 0 spiro atoms. The third-order valence-corrected chi connectivity index (χ3v) is 3.77. The summed E-state index contributed by atoms with van der Waals surface area (Å²) in [6, 6.07) is 6.66. The Hall–Kier alpha value is -3.06. The van der Waals surface area contributed by atoms with Gasteiger partial charge in [-0.25, -0.2) is 14.4 Å². The quantitative estimate of drug-likeness (QED) is 0.707. The highest BCUT2D eigenvalue weighted by Crippen LogP contribution is 2.30. The molecule has 2 aromatic heterocycles. The lowest BCUT2D eigenvalue weighted by atomic mass is 10.1. The van der Waals surface area contributed by atoms with E-state index in [4.69, 9.17) is 10.5 Å². The molecule has 7 heteroatoms. The first-order chi connectivity index (χ1) is 12.6. The first-order valence-electron chi connectivity index (χ1n) is 8.22. The van der Waals surface area contributed by atoms with Gasteiger partial charge in [0.1, 0.15) is 12.4 Å². The van der Waals surface area contributed by atoms with Crippen molar-refractivity contribution in [3.05, 3.63) is 59.8 Å². The highest BCUT2D eigenvalue weighted by Gasteiger charge is 2.14. The fraction of sp³-hybridized carbons (Fsp3) is 0.211. The molecular weight excluding hydrogens is 333 g/mol. The van der Waals surface area contributed by atoms with Gasteiger partial charge in [-0.05, 0) is 37.6 Å². The van der Waals surface area contributed by atoms with Crippen LogP contribution in [0.15, 0.2) is 42.9 Å². The van der Waals surface area contributed by atoms with Crippen LogP contribution in [0.25, 0.3) is 11.4 Å². The van der Waals surface area contributed by atoms with Crippen molar-refractivity contribution in [1.82, 2.24) is 15.0 Å². The fourth-order valence-electron chi connectivity index (χ4n) is 2.42. The van der Waals surface area contributed by atoms with E-state index in [1.807, 2.05) is 19.9 Å². The Kier molecular flexibility index (Phi) is 5.38. The van der Waals surface area contributed by atoms with Gasteiger partial charge in [0.2, 0.25) is 0 Å². The molecule has 0 aliphatic heterocycles. The summed E-state index contributed by atoms with van der Waals surface area (Å²) in [4.78, 5) is 12.8. The SMILES string of the molecule is Cc1ccc(F)c(-c2ncc(OCCN)c(Nc3ccncc3C)n2)c1. The lowest BCUT2D eigenvalue weighted by molar-refractivity contribution is 0.327. The topological polar surface area (TPSA) is 86.0 Å². The Balaban J connectivity index is 2.04. The number of halogens is 1. The average molecular weight is 353 g/mol. The maximum absolute atomic E-state index is 14.2. The molecule has 6 nitrogen and oxygen atoms in total. The van der Waals surface area contributed by atoms with E-state index < -0.39 is 0 Å². The summed E-state index contributed by atoms with van der Waals surface area (Å²) >= 11 is 0. The summed E-state index contributed by atoms with van der Waals surface area (Å²) in [5.41, 5.74) is 8.55. The van der Waals surface area contributed by atoms with Crippen LogP contribution < -0.4 is 15.8 Å². The molecule has 1 aromatic carbocycles. The average Bonchev–Trinajstić information content (AvgIpc) is 2.64. The first kappa shape index (κ1) is 17.8. The molecule has 0 aliphatic carbocycles. The van der Waals surface area contributed by atoms with Gasteiger partial charge in [-0.1, -0.05) is 11.6 Å². The van der Waals surface area contributed by atoms with Crippen molar-refractivity contribution in [3.8, 4) is 17.1 Å². The number of aryl methyl sites for hydroxylation is 2. The molecule has 0 amide bonds. The van der Waals surface area contributed by atoms with Gasteiger partial charge < -0.3 is 15.8 Å². The molecule has 3 aromatic rings. The van der Waals surface area contributed by atoms with E-state index in [-0.39, 0.29) is 11.6 Å². The molecule has 0 saturated carbocycles. The molecule has 0 atom stereocenters. The zero-order valence-corrected chi connectivity index (χ0v) is 14.7. The standard InChI is InChI=1S/C19H20FN5O/c1-12-3-4-15(20)14(9-12)18-23-11-17(26-8-6-21)19(25-18)24-16-5-7-22-10-13(16)2/h3-5,7,9-11H,6,8,21H2,1-2H3,(H,22,23,24,25). The maximum Gasteiger partial charge on any atom is 0.180 e. The van der Waals surface area contributed by atoms with E-state index in [1.54, 1.807) is 24.5 Å². The second-order valence-corrected chi connectivity index (χ2v) is 5.84. The molecule has 0 fully saturated rings. The molecule has 26 heavy (non-hydrogen) atoms. The van der Waals surface area contributed by atoms with Gasteiger partial charge in [0.05, 0.1) is 11.8 Å². The Morgan fingerprint density at radius 2 is 2.04 bits per heavy atom. The Morgan fingerprint density at radius 3 is 2.81 bits per heavy atom. The van der Waals surface area contributed by atoms with Crippen LogP contribution in [-0.4, -0.2) is 28.1 Å². The molecule has 0 bridgehead atoms. The number of rotatable bonds is 6. The minimum atomic E-state index is -0.378. The number of pyridine rings is 1. The van der Waals surface area contributed by atoms with Crippen LogP contribution in [-0.2, 0) is 0 Å². The van der Waals surface area contributed by atoms with Gasteiger partial charge >= 0.3 is 0 Å². The predicted octanol–water partition coefficient (Wildman–Crippen LogP) is 3.38. The summed E-state index contributed by atoms with van der Waals surface area (Å²) in [6.07, 6.45) is 4.95. The Morgan fingerprint density at radius 1 is 1.19 bits per heavy atom. The lowest BCUT2D eigenvalue weighted by Gasteiger charge is -2.14. The third kappa shape index (κ3) is 3.94. The number of hydrogen-bond donors (Lipinski definition) is 2. The van der Waals surface area contributed by atoms with Gasteiger partial charge in [-0.3, -0.25) is 4.98 Å². The van der Waals surface area contributed by atoms with Crippen molar-refractivity contribution < 1.29 is 9.13 Å². The van der Waals surface area contributed by atoms with Gasteiger partial charge in [-0.15, -0.1) is 0 Å². The van der Waals surface area contributed by atoms with Gasteiger partial charge in [0, 0.05) is 24.6 Å². The molecule has 2 heterocycles. The van der Waals surface area contributed by atoms with E-state index >= 15 is 0 Å². The van der Waals surface area contributed by atoms with Crippen LogP contribution in [0.3, 0.4) is 0 Å². The number of benzene rings is 1. The summed E-state index contributed by atoms with van der Waals surface area (Å²) in [7, 11) is 0. The van der Waals surface area contributed by atoms with Crippen molar-refractivity contribution in [2.45, 2.75) is 13.8 Å². The minimum Gasteiger partial charge on any atom is -0.487 e. The smallest absolute Gasteiger partial charge is 0.180 e. The van der Waals surface area contributed by atoms with Crippen LogP contribution >= 0.6 is 0 Å². The number of nitrogens with one attached hydrogen (secondary N) is 1. The summed E-state index contributed by atoms with van der Waals surface area (Å²) < 4.78 is 19.8. The third-order valence-electron chi connectivity index (χ3n) is 3.77. The van der Waals surface area contributed by atoms with Crippen molar-refractivity contribution in [2.24, 2.45) is 5.73 Å². The minimum absolute atomic E-state index is 0.278. The number of anilines is 2. The molecule has 134 valence electrons. The van der Waals surface area contributed by atoms with E-state index in [0.29, 0.717) is 30.3 Å². The molecular formula is C19H20FN5O. The van der Waals surface area contributed by atoms with Crippen LogP contribution in [0, 0.1) is 19.7 Å². The van der Waals surface area contributed by atoms with Gasteiger partial charge in [-0.2, -0.15) is 0 Å². The number of nitrogens with zero attached hydrogens (tertiary/aromatic N) is 3. The second-order valence-electron chi connectivity index (χ2n) is 5.84. The normalized spacial score (nSPS) is 10.6. The predicted molar refractivity (Wildman–Crippen MR) is 99.0 cm³/mol. The molecule has 0 radical (unpaired) electrons. The molecule has 0 aliphatic rings.